The highest BCUT2D eigenvalue weighted by Gasteiger charge is 2.32. The Bertz CT molecular complexity index is 482. The van der Waals surface area contributed by atoms with E-state index in [1.54, 1.807) is 0 Å². The minimum atomic E-state index is 0.444. The molecule has 1 unspecified atom stereocenters. The zero-order chi connectivity index (χ0) is 14.7. The first-order chi connectivity index (χ1) is 10.2. The van der Waals surface area contributed by atoms with Crippen molar-refractivity contribution < 1.29 is 4.74 Å². The molecule has 0 saturated heterocycles. The van der Waals surface area contributed by atoms with Crippen molar-refractivity contribution in [3.63, 3.8) is 0 Å². The summed E-state index contributed by atoms with van der Waals surface area (Å²) in [6.45, 7) is 4.35. The lowest BCUT2D eigenvalue weighted by Crippen LogP contribution is -2.34. The van der Waals surface area contributed by atoms with Gasteiger partial charge >= 0.3 is 0 Å². The van der Waals surface area contributed by atoms with Crippen molar-refractivity contribution in [3.05, 3.63) is 28.2 Å². The molecular weight excluding hydrogens is 326 g/mol. The van der Waals surface area contributed by atoms with Gasteiger partial charge in [-0.05, 0) is 49.7 Å². The van der Waals surface area contributed by atoms with Crippen LogP contribution >= 0.6 is 15.9 Å². The van der Waals surface area contributed by atoms with E-state index in [1.807, 2.05) is 0 Å². The fraction of sp³-hybridized carbons (Fsp3) is 0.667. The van der Waals surface area contributed by atoms with E-state index in [9.17, 15) is 0 Å². The second kappa shape index (κ2) is 6.70. The molecule has 0 bridgehead atoms. The van der Waals surface area contributed by atoms with Crippen LogP contribution in [0.15, 0.2) is 22.7 Å². The second-order valence-corrected chi connectivity index (χ2v) is 7.58. The maximum absolute atomic E-state index is 5.91. The standard InChI is InChI=1S/C18H26BrNO/c1-2-18(9-3-4-10-18)13-20-16-6-5-11-21-17-12-14(19)7-8-15(16)17/h7-8,12,16,20H,2-6,9-11,13H2,1H3. The predicted molar refractivity (Wildman–Crippen MR) is 90.8 cm³/mol. The first kappa shape index (κ1) is 15.4. The van der Waals surface area contributed by atoms with Crippen molar-refractivity contribution in [3.8, 4) is 5.75 Å². The number of hydrogen-bond acceptors (Lipinski definition) is 2. The Morgan fingerprint density at radius 2 is 2.10 bits per heavy atom. The van der Waals surface area contributed by atoms with Gasteiger partial charge in [0.2, 0.25) is 0 Å². The lowest BCUT2D eigenvalue weighted by molar-refractivity contribution is 0.252. The zero-order valence-corrected chi connectivity index (χ0v) is 14.5. The summed E-state index contributed by atoms with van der Waals surface area (Å²) in [5.74, 6) is 1.05. The van der Waals surface area contributed by atoms with Crippen LogP contribution in [0.2, 0.25) is 0 Å². The van der Waals surface area contributed by atoms with Gasteiger partial charge in [-0.2, -0.15) is 0 Å². The van der Waals surface area contributed by atoms with Gasteiger partial charge in [-0.15, -0.1) is 0 Å². The Hall–Kier alpha value is -0.540. The predicted octanol–water partition coefficient (Wildman–Crippen LogP) is 5.22. The largest absolute Gasteiger partial charge is 0.493 e. The van der Waals surface area contributed by atoms with E-state index in [-0.39, 0.29) is 0 Å². The highest BCUT2D eigenvalue weighted by Crippen LogP contribution is 2.41. The van der Waals surface area contributed by atoms with Crippen LogP contribution in [-0.4, -0.2) is 13.2 Å². The Kier molecular flexibility index (Phi) is 4.90. The first-order valence-corrected chi connectivity index (χ1v) is 9.17. The fourth-order valence-electron chi connectivity index (χ4n) is 3.88. The molecule has 2 aliphatic rings. The van der Waals surface area contributed by atoms with Crippen molar-refractivity contribution in [1.29, 1.82) is 0 Å². The Balaban J connectivity index is 1.73. The average Bonchev–Trinajstić information content (AvgIpc) is 2.88. The van der Waals surface area contributed by atoms with E-state index in [0.29, 0.717) is 11.5 Å². The molecule has 1 aromatic rings. The van der Waals surface area contributed by atoms with Crippen molar-refractivity contribution in [2.24, 2.45) is 5.41 Å². The molecule has 1 N–H and O–H groups in total. The average molecular weight is 352 g/mol. The number of rotatable bonds is 4. The van der Waals surface area contributed by atoms with Gasteiger partial charge < -0.3 is 10.1 Å². The topological polar surface area (TPSA) is 21.3 Å². The van der Waals surface area contributed by atoms with Gasteiger partial charge in [0.25, 0.3) is 0 Å². The minimum Gasteiger partial charge on any atom is -0.493 e. The minimum absolute atomic E-state index is 0.444. The summed E-state index contributed by atoms with van der Waals surface area (Å²) in [6, 6.07) is 6.91. The second-order valence-electron chi connectivity index (χ2n) is 6.67. The van der Waals surface area contributed by atoms with Gasteiger partial charge in [0.15, 0.2) is 0 Å². The fourth-order valence-corrected chi connectivity index (χ4v) is 4.22. The molecule has 1 aromatic carbocycles. The van der Waals surface area contributed by atoms with Gasteiger partial charge in [0, 0.05) is 22.6 Å². The summed E-state index contributed by atoms with van der Waals surface area (Å²) in [5, 5.41) is 3.88. The number of nitrogens with one attached hydrogen (secondary N) is 1. The highest BCUT2D eigenvalue weighted by molar-refractivity contribution is 9.10. The summed E-state index contributed by atoms with van der Waals surface area (Å²) >= 11 is 3.55. The third kappa shape index (κ3) is 3.45. The molecule has 1 atom stereocenters. The summed E-state index contributed by atoms with van der Waals surface area (Å²) in [5.41, 5.74) is 1.88. The number of hydrogen-bond donors (Lipinski definition) is 1. The zero-order valence-electron chi connectivity index (χ0n) is 13.0. The SMILES string of the molecule is CCC1(CNC2CCCOc3cc(Br)ccc32)CCCC1. The number of halogens is 1. The molecule has 1 aliphatic carbocycles. The van der Waals surface area contributed by atoms with E-state index in [1.165, 1.54) is 44.1 Å². The highest BCUT2D eigenvalue weighted by atomic mass is 79.9. The van der Waals surface area contributed by atoms with Crippen molar-refractivity contribution >= 4 is 15.9 Å². The maximum atomic E-state index is 5.91. The van der Waals surface area contributed by atoms with Crippen molar-refractivity contribution in [1.82, 2.24) is 5.32 Å². The monoisotopic (exact) mass is 351 g/mol. The van der Waals surface area contributed by atoms with E-state index in [4.69, 9.17) is 4.74 Å². The quantitative estimate of drug-likeness (QED) is 0.802. The molecule has 3 rings (SSSR count). The lowest BCUT2D eigenvalue weighted by Gasteiger charge is -2.30. The molecule has 0 radical (unpaired) electrons. The summed E-state index contributed by atoms with van der Waals surface area (Å²) in [7, 11) is 0. The Morgan fingerprint density at radius 1 is 1.29 bits per heavy atom. The number of fused-ring (bicyclic) bond motifs is 1. The smallest absolute Gasteiger partial charge is 0.125 e. The van der Waals surface area contributed by atoms with Crippen LogP contribution in [-0.2, 0) is 0 Å². The number of ether oxygens (including phenoxy) is 1. The molecule has 1 saturated carbocycles. The third-order valence-corrected chi connectivity index (χ3v) is 5.88. The summed E-state index contributed by atoms with van der Waals surface area (Å²) in [6.07, 6.45) is 9.22. The molecule has 0 aromatic heterocycles. The first-order valence-electron chi connectivity index (χ1n) is 8.38. The molecule has 1 aliphatic heterocycles. The van der Waals surface area contributed by atoms with E-state index < -0.39 is 0 Å². The van der Waals surface area contributed by atoms with Crippen LogP contribution < -0.4 is 10.1 Å². The van der Waals surface area contributed by atoms with Crippen LogP contribution in [0.25, 0.3) is 0 Å². The maximum Gasteiger partial charge on any atom is 0.125 e. The van der Waals surface area contributed by atoms with Crippen molar-refractivity contribution in [2.45, 2.75) is 57.9 Å². The van der Waals surface area contributed by atoms with Gasteiger partial charge in [0.1, 0.15) is 5.75 Å². The van der Waals surface area contributed by atoms with Crippen molar-refractivity contribution in [2.75, 3.05) is 13.2 Å². The Morgan fingerprint density at radius 3 is 2.86 bits per heavy atom. The van der Waals surface area contributed by atoms with E-state index >= 15 is 0 Å². The van der Waals surface area contributed by atoms with Crippen LogP contribution in [0.5, 0.6) is 5.75 Å². The molecule has 0 spiro atoms. The van der Waals surface area contributed by atoms with Crippen LogP contribution in [0, 0.1) is 5.41 Å². The molecule has 2 nitrogen and oxygen atoms in total. The van der Waals surface area contributed by atoms with Gasteiger partial charge in [-0.3, -0.25) is 0 Å². The van der Waals surface area contributed by atoms with Gasteiger partial charge in [-0.1, -0.05) is 41.8 Å². The molecule has 0 amide bonds. The van der Waals surface area contributed by atoms with Crippen LogP contribution in [0.1, 0.15) is 63.5 Å². The molecule has 116 valence electrons. The Labute approximate surface area is 136 Å². The normalized spacial score (nSPS) is 24.2. The van der Waals surface area contributed by atoms with Crippen LogP contribution in [0.3, 0.4) is 0 Å². The number of benzene rings is 1. The van der Waals surface area contributed by atoms with E-state index in [0.717, 1.165) is 29.8 Å². The molecular formula is C18H26BrNO. The third-order valence-electron chi connectivity index (χ3n) is 5.38. The summed E-state index contributed by atoms with van der Waals surface area (Å²) < 4.78 is 7.01. The molecule has 1 heterocycles. The molecule has 1 fully saturated rings. The molecule has 3 heteroatoms. The molecule has 21 heavy (non-hydrogen) atoms. The van der Waals surface area contributed by atoms with Gasteiger partial charge in [0.05, 0.1) is 6.61 Å². The summed E-state index contributed by atoms with van der Waals surface area (Å²) in [4.78, 5) is 0. The lowest BCUT2D eigenvalue weighted by atomic mass is 9.83. The van der Waals surface area contributed by atoms with Crippen LogP contribution in [0.4, 0.5) is 0 Å². The van der Waals surface area contributed by atoms with E-state index in [2.05, 4.69) is 46.4 Å². The van der Waals surface area contributed by atoms with Gasteiger partial charge in [-0.25, -0.2) is 0 Å².